The first kappa shape index (κ1) is 9.85. The van der Waals surface area contributed by atoms with E-state index in [1.54, 1.807) is 12.1 Å². The molecule has 1 aromatic carbocycles. The van der Waals surface area contributed by atoms with Gasteiger partial charge in [-0.05, 0) is 37.0 Å². The zero-order valence-electron chi connectivity index (χ0n) is 8.66. The highest BCUT2D eigenvalue weighted by Crippen LogP contribution is 2.27. The van der Waals surface area contributed by atoms with Crippen LogP contribution in [0.1, 0.15) is 24.8 Å². The molecule has 1 saturated carbocycles. The highest BCUT2D eigenvalue weighted by Gasteiger charge is 2.16. The van der Waals surface area contributed by atoms with Crippen molar-refractivity contribution in [2.75, 3.05) is 17.6 Å². The van der Waals surface area contributed by atoms with Crippen LogP contribution in [0.15, 0.2) is 18.2 Å². The summed E-state index contributed by atoms with van der Waals surface area (Å²) in [5.41, 5.74) is 8.05. The lowest BCUT2D eigenvalue weighted by Gasteiger charge is -2.26. The van der Waals surface area contributed by atoms with Gasteiger partial charge in [0.05, 0.1) is 23.0 Å². The Bertz CT molecular complexity index is 388. The lowest BCUT2D eigenvalue weighted by molar-refractivity contribution is 0.333. The molecule has 0 spiro atoms. The molecule has 0 atom stereocenters. The summed E-state index contributed by atoms with van der Waals surface area (Å²) >= 11 is 0. The predicted octanol–water partition coefficient (Wildman–Crippen LogP) is 2.35. The summed E-state index contributed by atoms with van der Waals surface area (Å²) in [7, 11) is 0. The molecule has 0 saturated heterocycles. The second kappa shape index (κ2) is 4.22. The zero-order chi connectivity index (χ0) is 10.7. The number of nitrogens with one attached hydrogen (secondary N) is 1. The van der Waals surface area contributed by atoms with E-state index in [-0.39, 0.29) is 0 Å². The maximum Gasteiger partial charge on any atom is 0.0992 e. The van der Waals surface area contributed by atoms with Gasteiger partial charge in [-0.15, -0.1) is 0 Å². The molecule has 15 heavy (non-hydrogen) atoms. The maximum atomic E-state index is 8.69. The molecule has 0 heterocycles. The van der Waals surface area contributed by atoms with Gasteiger partial charge in [0.15, 0.2) is 0 Å². The van der Waals surface area contributed by atoms with Crippen molar-refractivity contribution in [1.82, 2.24) is 0 Å². The van der Waals surface area contributed by atoms with E-state index in [9.17, 15) is 0 Å². The fraction of sp³-hybridized carbons (Fsp3) is 0.417. The summed E-state index contributed by atoms with van der Waals surface area (Å²) in [4.78, 5) is 0. The molecule has 78 valence electrons. The number of anilines is 2. The van der Waals surface area contributed by atoms with Crippen LogP contribution in [0, 0.1) is 17.2 Å². The van der Waals surface area contributed by atoms with Crippen molar-refractivity contribution in [2.45, 2.75) is 19.3 Å². The van der Waals surface area contributed by atoms with Gasteiger partial charge in [0, 0.05) is 6.54 Å². The largest absolute Gasteiger partial charge is 0.397 e. The van der Waals surface area contributed by atoms with E-state index in [2.05, 4.69) is 11.4 Å². The van der Waals surface area contributed by atoms with Gasteiger partial charge >= 0.3 is 0 Å². The molecule has 1 aliphatic rings. The number of benzene rings is 1. The van der Waals surface area contributed by atoms with Crippen molar-refractivity contribution in [3.63, 3.8) is 0 Å². The lowest BCUT2D eigenvalue weighted by Crippen LogP contribution is -2.21. The molecule has 1 aromatic rings. The van der Waals surface area contributed by atoms with Crippen molar-refractivity contribution in [1.29, 1.82) is 5.26 Å². The lowest BCUT2D eigenvalue weighted by atomic mass is 9.85. The molecule has 0 aliphatic heterocycles. The number of nitrogens with zero attached hydrogens (tertiary/aromatic N) is 1. The minimum absolute atomic E-state index is 0.613. The second-order valence-corrected chi connectivity index (χ2v) is 4.09. The van der Waals surface area contributed by atoms with Gasteiger partial charge < -0.3 is 11.1 Å². The number of nitriles is 1. The molecule has 0 bridgehead atoms. The highest BCUT2D eigenvalue weighted by atomic mass is 14.9. The van der Waals surface area contributed by atoms with Gasteiger partial charge in [-0.1, -0.05) is 6.42 Å². The molecule has 1 aliphatic carbocycles. The summed E-state index contributed by atoms with van der Waals surface area (Å²) in [6.07, 6.45) is 4.00. The van der Waals surface area contributed by atoms with Crippen LogP contribution in [-0.2, 0) is 0 Å². The first-order chi connectivity index (χ1) is 7.29. The minimum atomic E-state index is 0.613. The molecule has 3 nitrogen and oxygen atoms in total. The van der Waals surface area contributed by atoms with Crippen LogP contribution < -0.4 is 11.1 Å². The normalized spacial score (nSPS) is 15.4. The van der Waals surface area contributed by atoms with E-state index in [1.165, 1.54) is 19.3 Å². The molecular weight excluding hydrogens is 186 g/mol. The van der Waals surface area contributed by atoms with Crippen molar-refractivity contribution in [2.24, 2.45) is 5.92 Å². The van der Waals surface area contributed by atoms with E-state index in [1.807, 2.05) is 6.07 Å². The van der Waals surface area contributed by atoms with Crippen molar-refractivity contribution < 1.29 is 0 Å². The van der Waals surface area contributed by atoms with Gasteiger partial charge in [0.25, 0.3) is 0 Å². The first-order valence-electron chi connectivity index (χ1n) is 5.33. The molecule has 3 heteroatoms. The molecule has 2 rings (SSSR count). The predicted molar refractivity (Wildman–Crippen MR) is 61.4 cm³/mol. The molecule has 3 N–H and O–H groups in total. The Morgan fingerprint density at radius 2 is 2.27 bits per heavy atom. The number of hydrogen-bond acceptors (Lipinski definition) is 3. The molecular formula is C12H15N3. The molecule has 0 aromatic heterocycles. The SMILES string of the molecule is N#Cc1ccc(NCC2CCC2)c(N)c1. The Morgan fingerprint density at radius 1 is 1.47 bits per heavy atom. The van der Waals surface area contributed by atoms with Crippen LogP contribution in [0.2, 0.25) is 0 Å². The van der Waals surface area contributed by atoms with Crippen molar-refractivity contribution in [3.05, 3.63) is 23.8 Å². The smallest absolute Gasteiger partial charge is 0.0992 e. The summed E-state index contributed by atoms with van der Waals surface area (Å²) in [6, 6.07) is 7.46. The molecule has 0 radical (unpaired) electrons. The summed E-state index contributed by atoms with van der Waals surface area (Å²) in [5, 5.41) is 12.0. The van der Waals surface area contributed by atoms with Crippen LogP contribution in [0.3, 0.4) is 0 Å². The minimum Gasteiger partial charge on any atom is -0.397 e. The second-order valence-electron chi connectivity index (χ2n) is 4.09. The molecule has 0 unspecified atom stereocenters. The summed E-state index contributed by atoms with van der Waals surface area (Å²) in [6.45, 7) is 0.996. The number of hydrogen-bond donors (Lipinski definition) is 2. The van der Waals surface area contributed by atoms with Gasteiger partial charge in [-0.3, -0.25) is 0 Å². The monoisotopic (exact) mass is 201 g/mol. The third kappa shape index (κ3) is 2.21. The Hall–Kier alpha value is -1.69. The van der Waals surface area contributed by atoms with Crippen molar-refractivity contribution in [3.8, 4) is 6.07 Å². The maximum absolute atomic E-state index is 8.69. The van der Waals surface area contributed by atoms with Gasteiger partial charge in [0.2, 0.25) is 0 Å². The van der Waals surface area contributed by atoms with E-state index < -0.39 is 0 Å². The zero-order valence-corrected chi connectivity index (χ0v) is 8.66. The summed E-state index contributed by atoms with van der Waals surface area (Å²) in [5.74, 6) is 0.806. The highest BCUT2D eigenvalue weighted by molar-refractivity contribution is 5.68. The Balaban J connectivity index is 1.98. The number of nitrogen functional groups attached to an aromatic ring is 1. The third-order valence-corrected chi connectivity index (χ3v) is 2.99. The van der Waals surface area contributed by atoms with Crippen LogP contribution >= 0.6 is 0 Å². The summed E-state index contributed by atoms with van der Waals surface area (Å²) < 4.78 is 0. The first-order valence-corrected chi connectivity index (χ1v) is 5.33. The van der Waals surface area contributed by atoms with Crippen LogP contribution in [-0.4, -0.2) is 6.54 Å². The van der Waals surface area contributed by atoms with E-state index in [0.29, 0.717) is 11.3 Å². The Morgan fingerprint density at radius 3 is 2.80 bits per heavy atom. The fourth-order valence-corrected chi connectivity index (χ4v) is 1.74. The van der Waals surface area contributed by atoms with E-state index >= 15 is 0 Å². The van der Waals surface area contributed by atoms with Crippen molar-refractivity contribution >= 4 is 11.4 Å². The van der Waals surface area contributed by atoms with Crippen LogP contribution in [0.5, 0.6) is 0 Å². The number of nitrogens with two attached hydrogens (primary N) is 1. The van der Waals surface area contributed by atoms with Crippen LogP contribution in [0.25, 0.3) is 0 Å². The quantitative estimate of drug-likeness (QED) is 0.738. The topological polar surface area (TPSA) is 61.8 Å². The van der Waals surface area contributed by atoms with Gasteiger partial charge in [0.1, 0.15) is 0 Å². The Kier molecular flexibility index (Phi) is 2.77. The molecule has 1 fully saturated rings. The van der Waals surface area contributed by atoms with Gasteiger partial charge in [-0.2, -0.15) is 5.26 Å². The van der Waals surface area contributed by atoms with Crippen LogP contribution in [0.4, 0.5) is 11.4 Å². The Labute approximate surface area is 89.9 Å². The average Bonchev–Trinajstić information content (AvgIpc) is 2.18. The number of rotatable bonds is 3. The standard InChI is InChI=1S/C12H15N3/c13-7-10-4-5-12(11(14)6-10)15-8-9-2-1-3-9/h4-6,9,15H,1-3,8,14H2. The average molecular weight is 201 g/mol. The van der Waals surface area contributed by atoms with Gasteiger partial charge in [-0.25, -0.2) is 0 Å². The van der Waals surface area contributed by atoms with E-state index in [4.69, 9.17) is 11.0 Å². The fourth-order valence-electron chi connectivity index (χ4n) is 1.74. The third-order valence-electron chi connectivity index (χ3n) is 2.99. The van der Waals surface area contributed by atoms with E-state index in [0.717, 1.165) is 18.2 Å². The molecule has 0 amide bonds.